The van der Waals surface area contributed by atoms with E-state index in [9.17, 15) is 9.59 Å². The fourth-order valence-electron chi connectivity index (χ4n) is 4.75. The SMILES string of the molecule is CCOC(=O)c1cccc(NC(=O)OCC2C3CCC2N(Cc2ccccc2)C3)c1. The van der Waals surface area contributed by atoms with E-state index in [0.717, 1.165) is 19.5 Å². The summed E-state index contributed by atoms with van der Waals surface area (Å²) in [6.45, 7) is 4.50. The highest BCUT2D eigenvalue weighted by molar-refractivity contribution is 5.92. The lowest BCUT2D eigenvalue weighted by molar-refractivity contribution is 0.0526. The number of amides is 1. The van der Waals surface area contributed by atoms with Gasteiger partial charge >= 0.3 is 12.1 Å². The number of ether oxygens (including phenoxy) is 2. The minimum absolute atomic E-state index is 0.309. The largest absolute Gasteiger partial charge is 0.462 e. The monoisotopic (exact) mass is 408 g/mol. The number of anilines is 1. The zero-order valence-electron chi connectivity index (χ0n) is 17.3. The molecule has 0 radical (unpaired) electrons. The molecule has 6 nitrogen and oxygen atoms in total. The molecule has 2 bridgehead atoms. The van der Waals surface area contributed by atoms with Gasteiger partial charge in [-0.1, -0.05) is 36.4 Å². The number of hydrogen-bond donors (Lipinski definition) is 1. The van der Waals surface area contributed by atoms with Gasteiger partial charge in [-0.3, -0.25) is 10.2 Å². The molecule has 1 saturated carbocycles. The Kier molecular flexibility index (Phi) is 6.33. The maximum atomic E-state index is 12.3. The van der Waals surface area contributed by atoms with E-state index in [0.29, 0.717) is 42.3 Å². The van der Waals surface area contributed by atoms with Crippen molar-refractivity contribution in [3.05, 3.63) is 65.7 Å². The summed E-state index contributed by atoms with van der Waals surface area (Å²) < 4.78 is 10.6. The van der Waals surface area contributed by atoms with Crippen LogP contribution in [0.2, 0.25) is 0 Å². The molecule has 6 heteroatoms. The molecule has 30 heavy (non-hydrogen) atoms. The van der Waals surface area contributed by atoms with Crippen LogP contribution in [0.3, 0.4) is 0 Å². The molecule has 2 aromatic carbocycles. The zero-order valence-corrected chi connectivity index (χ0v) is 17.3. The minimum Gasteiger partial charge on any atom is -0.462 e. The molecular formula is C24H28N2O4. The molecule has 3 atom stereocenters. The first kappa shape index (κ1) is 20.4. The third kappa shape index (κ3) is 4.65. The molecule has 4 rings (SSSR count). The van der Waals surface area contributed by atoms with Crippen LogP contribution in [0.15, 0.2) is 54.6 Å². The van der Waals surface area contributed by atoms with Gasteiger partial charge in [0.15, 0.2) is 0 Å². The van der Waals surface area contributed by atoms with Crippen molar-refractivity contribution in [2.45, 2.75) is 32.4 Å². The molecule has 0 aromatic heterocycles. The number of nitrogens with zero attached hydrogens (tertiary/aromatic N) is 1. The Balaban J connectivity index is 1.29. The van der Waals surface area contributed by atoms with Crippen molar-refractivity contribution in [3.63, 3.8) is 0 Å². The van der Waals surface area contributed by atoms with Crippen molar-refractivity contribution in [3.8, 4) is 0 Å². The van der Waals surface area contributed by atoms with Crippen LogP contribution >= 0.6 is 0 Å². The number of carbonyl (C=O) groups excluding carboxylic acids is 2. The topological polar surface area (TPSA) is 67.9 Å². The van der Waals surface area contributed by atoms with E-state index < -0.39 is 12.1 Å². The Morgan fingerprint density at radius 2 is 1.90 bits per heavy atom. The Morgan fingerprint density at radius 3 is 2.70 bits per heavy atom. The molecule has 1 N–H and O–H groups in total. The summed E-state index contributed by atoms with van der Waals surface area (Å²) in [5, 5.41) is 2.72. The van der Waals surface area contributed by atoms with Gasteiger partial charge in [0.1, 0.15) is 0 Å². The molecule has 3 unspecified atom stereocenters. The van der Waals surface area contributed by atoms with Crippen molar-refractivity contribution in [2.75, 3.05) is 25.1 Å². The van der Waals surface area contributed by atoms with E-state index in [4.69, 9.17) is 9.47 Å². The summed E-state index contributed by atoms with van der Waals surface area (Å²) in [5.74, 6) is 0.555. The van der Waals surface area contributed by atoms with Crippen molar-refractivity contribution >= 4 is 17.7 Å². The van der Waals surface area contributed by atoms with Crippen LogP contribution in [0, 0.1) is 11.8 Å². The van der Waals surface area contributed by atoms with Gasteiger partial charge in [0.05, 0.1) is 18.8 Å². The van der Waals surface area contributed by atoms with E-state index in [2.05, 4.69) is 34.5 Å². The fourth-order valence-corrected chi connectivity index (χ4v) is 4.75. The number of hydrogen-bond acceptors (Lipinski definition) is 5. The highest BCUT2D eigenvalue weighted by atomic mass is 16.5. The summed E-state index contributed by atoms with van der Waals surface area (Å²) in [6.07, 6.45) is 1.87. The Morgan fingerprint density at radius 1 is 1.07 bits per heavy atom. The van der Waals surface area contributed by atoms with Crippen molar-refractivity contribution in [2.24, 2.45) is 11.8 Å². The number of esters is 1. The van der Waals surface area contributed by atoms with E-state index in [1.165, 1.54) is 12.0 Å². The average Bonchev–Trinajstić information content (AvgIpc) is 3.30. The molecule has 2 aliphatic rings. The van der Waals surface area contributed by atoms with Crippen LogP contribution in [0.25, 0.3) is 0 Å². The number of rotatable bonds is 7. The smallest absolute Gasteiger partial charge is 0.411 e. The van der Waals surface area contributed by atoms with E-state index in [1.807, 2.05) is 6.07 Å². The lowest BCUT2D eigenvalue weighted by atomic mass is 9.99. The highest BCUT2D eigenvalue weighted by Gasteiger charge is 2.46. The van der Waals surface area contributed by atoms with Gasteiger partial charge in [0.2, 0.25) is 0 Å². The van der Waals surface area contributed by atoms with Crippen molar-refractivity contribution in [1.82, 2.24) is 4.90 Å². The Labute approximate surface area is 177 Å². The lowest BCUT2D eigenvalue weighted by Gasteiger charge is -2.27. The first-order chi connectivity index (χ1) is 14.6. The predicted octanol–water partition coefficient (Wildman–Crippen LogP) is 4.32. The van der Waals surface area contributed by atoms with Gasteiger partial charge in [0.25, 0.3) is 0 Å². The maximum Gasteiger partial charge on any atom is 0.411 e. The van der Waals surface area contributed by atoms with Crippen LogP contribution in [-0.4, -0.2) is 42.8 Å². The third-order valence-corrected chi connectivity index (χ3v) is 6.13. The van der Waals surface area contributed by atoms with E-state index in [1.54, 1.807) is 31.2 Å². The number of piperidine rings is 1. The first-order valence-corrected chi connectivity index (χ1v) is 10.6. The van der Waals surface area contributed by atoms with Gasteiger partial charge < -0.3 is 9.47 Å². The summed E-state index contributed by atoms with van der Waals surface area (Å²) in [5.41, 5.74) is 2.25. The zero-order chi connectivity index (χ0) is 20.9. The molecule has 1 heterocycles. The lowest BCUT2D eigenvalue weighted by Crippen LogP contribution is -2.33. The van der Waals surface area contributed by atoms with Crippen LogP contribution in [0.1, 0.15) is 35.7 Å². The van der Waals surface area contributed by atoms with Crippen molar-refractivity contribution < 1.29 is 19.1 Å². The second-order valence-electron chi connectivity index (χ2n) is 8.01. The van der Waals surface area contributed by atoms with Crippen molar-refractivity contribution in [1.29, 1.82) is 0 Å². The fraction of sp³-hybridized carbons (Fsp3) is 0.417. The molecule has 2 fully saturated rings. The molecule has 158 valence electrons. The van der Waals surface area contributed by atoms with Crippen LogP contribution in [-0.2, 0) is 16.0 Å². The second kappa shape index (κ2) is 9.30. The molecule has 2 aromatic rings. The molecule has 1 saturated heterocycles. The number of fused-ring (bicyclic) bond motifs is 2. The Hall–Kier alpha value is -2.86. The maximum absolute atomic E-state index is 12.3. The standard InChI is InChI=1S/C24H28N2O4/c1-2-29-23(27)18-9-6-10-20(13-18)25-24(28)30-16-21-19-11-12-22(21)26(15-19)14-17-7-4-3-5-8-17/h3-10,13,19,21-22H,2,11-12,14-16H2,1H3,(H,25,28). The van der Waals surface area contributed by atoms with Crippen LogP contribution < -0.4 is 5.32 Å². The summed E-state index contributed by atoms with van der Waals surface area (Å²) in [6, 6.07) is 17.7. The van der Waals surface area contributed by atoms with E-state index in [-0.39, 0.29) is 0 Å². The van der Waals surface area contributed by atoms with Gasteiger partial charge in [-0.2, -0.15) is 0 Å². The summed E-state index contributed by atoms with van der Waals surface area (Å²) in [4.78, 5) is 26.7. The Bertz CT molecular complexity index is 886. The molecule has 1 aliphatic heterocycles. The number of benzene rings is 2. The summed E-state index contributed by atoms with van der Waals surface area (Å²) in [7, 11) is 0. The van der Waals surface area contributed by atoms with Gasteiger partial charge in [-0.25, -0.2) is 9.59 Å². The number of carbonyl (C=O) groups is 2. The molecule has 1 aliphatic carbocycles. The minimum atomic E-state index is -0.489. The van der Waals surface area contributed by atoms with Crippen LogP contribution in [0.5, 0.6) is 0 Å². The highest BCUT2D eigenvalue weighted by Crippen LogP contribution is 2.43. The third-order valence-electron chi connectivity index (χ3n) is 6.13. The summed E-state index contributed by atoms with van der Waals surface area (Å²) >= 11 is 0. The molecule has 1 amide bonds. The number of likely N-dealkylation sites (tertiary alicyclic amines) is 1. The van der Waals surface area contributed by atoms with Gasteiger partial charge in [0, 0.05) is 30.7 Å². The average molecular weight is 408 g/mol. The van der Waals surface area contributed by atoms with E-state index >= 15 is 0 Å². The van der Waals surface area contributed by atoms with Crippen LogP contribution in [0.4, 0.5) is 10.5 Å². The predicted molar refractivity (Wildman–Crippen MR) is 114 cm³/mol. The molecular weight excluding hydrogens is 380 g/mol. The normalized spacial score (nSPS) is 22.6. The number of nitrogens with one attached hydrogen (secondary N) is 1. The first-order valence-electron chi connectivity index (χ1n) is 10.6. The quantitative estimate of drug-likeness (QED) is 0.691. The molecule has 0 spiro atoms. The van der Waals surface area contributed by atoms with Gasteiger partial charge in [-0.15, -0.1) is 0 Å². The second-order valence-corrected chi connectivity index (χ2v) is 8.01. The van der Waals surface area contributed by atoms with Gasteiger partial charge in [-0.05, 0) is 49.4 Å².